The van der Waals surface area contributed by atoms with Crippen molar-refractivity contribution >= 4 is 33.9 Å². The summed E-state index contributed by atoms with van der Waals surface area (Å²) in [6.07, 6.45) is 0. The highest BCUT2D eigenvalue weighted by atomic mass is 35.5. The van der Waals surface area contributed by atoms with Crippen molar-refractivity contribution in [2.75, 3.05) is 33.5 Å². The molecular weight excluding hydrogens is 480 g/mol. The third-order valence-electron chi connectivity index (χ3n) is 4.27. The summed E-state index contributed by atoms with van der Waals surface area (Å²) in [5.41, 5.74) is 7.70. The van der Waals surface area contributed by atoms with Gasteiger partial charge in [0.05, 0.1) is 49.7 Å². The van der Waals surface area contributed by atoms with Crippen molar-refractivity contribution in [3.8, 4) is 0 Å². The van der Waals surface area contributed by atoms with Crippen LogP contribution in [0.2, 0.25) is 5.02 Å². The van der Waals surface area contributed by atoms with E-state index in [1.165, 1.54) is 7.11 Å². The van der Waals surface area contributed by atoms with Crippen molar-refractivity contribution in [2.45, 2.75) is 19.8 Å². The van der Waals surface area contributed by atoms with E-state index in [0.717, 1.165) is 0 Å². The summed E-state index contributed by atoms with van der Waals surface area (Å²) >= 11 is 6.42. The van der Waals surface area contributed by atoms with E-state index in [-0.39, 0.29) is 18.8 Å². The molecule has 0 aliphatic carbocycles. The molecule has 184 valence electrons. The topological polar surface area (TPSA) is 174 Å². The largest absolute Gasteiger partial charge is 0.466 e. The maximum atomic E-state index is 12.9. The molecular formula is C20H27ClN2O9S. The second kappa shape index (κ2) is 13.3. The van der Waals surface area contributed by atoms with Gasteiger partial charge in [-0.1, -0.05) is 29.8 Å². The van der Waals surface area contributed by atoms with Gasteiger partial charge in [-0.2, -0.15) is 8.42 Å². The molecule has 0 radical (unpaired) electrons. The van der Waals surface area contributed by atoms with Crippen molar-refractivity contribution in [1.29, 1.82) is 0 Å². The van der Waals surface area contributed by atoms with Gasteiger partial charge in [0, 0.05) is 17.3 Å². The minimum Gasteiger partial charge on any atom is -0.466 e. The van der Waals surface area contributed by atoms with Crippen molar-refractivity contribution in [3.05, 3.63) is 57.4 Å². The first-order valence-electron chi connectivity index (χ1n) is 9.64. The molecule has 0 saturated carbocycles. The van der Waals surface area contributed by atoms with Gasteiger partial charge >= 0.3 is 22.3 Å². The number of hydrogen-bond acceptors (Lipinski definition) is 9. The Balaban J connectivity index is 0.000000981. The van der Waals surface area contributed by atoms with Crippen LogP contribution in [0.1, 0.15) is 25.3 Å². The fourth-order valence-electron chi connectivity index (χ4n) is 3.12. The summed E-state index contributed by atoms with van der Waals surface area (Å²) in [4.78, 5) is 25.5. The molecule has 0 aromatic heterocycles. The number of benzene rings is 1. The quantitative estimate of drug-likeness (QED) is 0.229. The van der Waals surface area contributed by atoms with Crippen molar-refractivity contribution < 1.29 is 41.3 Å². The monoisotopic (exact) mass is 506 g/mol. The normalized spacial score (nSPS) is 15.9. The zero-order chi connectivity index (χ0) is 25.2. The zero-order valence-corrected chi connectivity index (χ0v) is 19.9. The van der Waals surface area contributed by atoms with Gasteiger partial charge in [-0.05, 0) is 25.5 Å². The van der Waals surface area contributed by atoms with E-state index in [1.807, 2.05) is 0 Å². The third kappa shape index (κ3) is 8.76. The van der Waals surface area contributed by atoms with E-state index in [1.54, 1.807) is 38.1 Å². The second-order valence-corrected chi connectivity index (χ2v) is 7.81. The number of halogens is 1. The Hall–Kier alpha value is -2.48. The number of rotatable bonds is 8. The molecule has 0 saturated heterocycles. The lowest BCUT2D eigenvalue weighted by molar-refractivity contribution is -0.139. The maximum absolute atomic E-state index is 12.9. The first kappa shape index (κ1) is 28.6. The summed E-state index contributed by atoms with van der Waals surface area (Å²) in [7, 11) is -3.38. The highest BCUT2D eigenvalue weighted by Gasteiger charge is 2.39. The third-order valence-corrected chi connectivity index (χ3v) is 4.61. The van der Waals surface area contributed by atoms with Crippen molar-refractivity contribution in [3.63, 3.8) is 0 Å². The van der Waals surface area contributed by atoms with Crippen LogP contribution in [-0.4, -0.2) is 62.9 Å². The van der Waals surface area contributed by atoms with E-state index in [2.05, 4.69) is 5.32 Å². The van der Waals surface area contributed by atoms with Gasteiger partial charge in [0.15, 0.2) is 0 Å². The lowest BCUT2D eigenvalue weighted by Gasteiger charge is -2.31. The van der Waals surface area contributed by atoms with E-state index in [9.17, 15) is 9.59 Å². The summed E-state index contributed by atoms with van der Waals surface area (Å²) in [6.45, 7) is 4.42. The van der Waals surface area contributed by atoms with Crippen LogP contribution in [0.15, 0.2) is 46.8 Å². The molecule has 1 heterocycles. The molecule has 11 nitrogen and oxygen atoms in total. The lowest BCUT2D eigenvalue weighted by Crippen LogP contribution is -2.35. The summed E-state index contributed by atoms with van der Waals surface area (Å²) in [5.74, 6) is -1.86. The molecule has 0 amide bonds. The molecule has 0 bridgehead atoms. The molecule has 1 aromatic carbocycles. The molecule has 0 fully saturated rings. The average molecular weight is 507 g/mol. The molecule has 13 heteroatoms. The molecule has 33 heavy (non-hydrogen) atoms. The lowest BCUT2D eigenvalue weighted by atomic mass is 9.80. The molecule has 2 rings (SSSR count). The Morgan fingerprint density at radius 1 is 1.18 bits per heavy atom. The van der Waals surface area contributed by atoms with Gasteiger partial charge < -0.3 is 25.3 Å². The molecule has 0 spiro atoms. The van der Waals surface area contributed by atoms with Crippen molar-refractivity contribution in [2.24, 2.45) is 5.73 Å². The Morgan fingerprint density at radius 2 is 1.79 bits per heavy atom. The standard InChI is InChI=1S/C20H25ClN2O5.H2O4S/c1-4-28-20(25)18-15(11-27-10-9-22)23-12(2)16(19(24)26-3)17(18)13-7-5-6-8-14(13)21;1-5(2,3)4/h5-8,17,23H,4,9-11,22H2,1-3H3;(H2,1,2,3,4). The second-order valence-electron chi connectivity index (χ2n) is 6.51. The van der Waals surface area contributed by atoms with Crippen LogP contribution in [0.25, 0.3) is 0 Å². The van der Waals surface area contributed by atoms with Crippen LogP contribution >= 0.6 is 11.6 Å². The van der Waals surface area contributed by atoms with E-state index < -0.39 is 28.3 Å². The number of nitrogens with two attached hydrogens (primary N) is 1. The van der Waals surface area contributed by atoms with Gasteiger partial charge in [0.25, 0.3) is 0 Å². The Bertz CT molecular complexity index is 1010. The number of nitrogens with one attached hydrogen (secondary N) is 1. The maximum Gasteiger partial charge on any atom is 0.394 e. The average Bonchev–Trinajstić information content (AvgIpc) is 2.72. The number of hydrogen-bond donors (Lipinski definition) is 4. The summed E-state index contributed by atoms with van der Waals surface area (Å²) < 4.78 is 47.4. The minimum atomic E-state index is -4.67. The van der Waals surface area contributed by atoms with Crippen LogP contribution in [0.3, 0.4) is 0 Å². The molecule has 1 unspecified atom stereocenters. The van der Waals surface area contributed by atoms with Gasteiger partial charge in [-0.15, -0.1) is 0 Å². The number of carbonyl (C=O) groups is 2. The number of dihydropyridines is 1. The predicted molar refractivity (Wildman–Crippen MR) is 120 cm³/mol. The van der Waals surface area contributed by atoms with Crippen LogP contribution in [0, 0.1) is 0 Å². The van der Waals surface area contributed by atoms with E-state index >= 15 is 0 Å². The summed E-state index contributed by atoms with van der Waals surface area (Å²) in [5, 5.41) is 3.52. The van der Waals surface area contributed by atoms with Crippen LogP contribution in [0.4, 0.5) is 0 Å². The number of carbonyl (C=O) groups excluding carboxylic acids is 2. The number of methoxy groups -OCH3 is 1. The Morgan fingerprint density at radius 3 is 2.30 bits per heavy atom. The highest BCUT2D eigenvalue weighted by molar-refractivity contribution is 7.79. The first-order valence-corrected chi connectivity index (χ1v) is 11.4. The number of esters is 2. The fraction of sp³-hybridized carbons (Fsp3) is 0.400. The molecule has 1 aromatic rings. The van der Waals surface area contributed by atoms with E-state index in [0.29, 0.717) is 40.7 Å². The van der Waals surface area contributed by atoms with Gasteiger partial charge in [0.2, 0.25) is 0 Å². The van der Waals surface area contributed by atoms with Gasteiger partial charge in [-0.3, -0.25) is 9.11 Å². The van der Waals surface area contributed by atoms with E-state index in [4.69, 9.17) is 49.1 Å². The molecule has 1 aliphatic rings. The zero-order valence-electron chi connectivity index (χ0n) is 18.3. The van der Waals surface area contributed by atoms with Crippen molar-refractivity contribution in [1.82, 2.24) is 5.32 Å². The Labute approximate surface area is 197 Å². The minimum absolute atomic E-state index is 0.109. The SMILES string of the molecule is CCOC(=O)C1=C(COCCN)NC(C)=C(C(=O)OC)C1c1ccccc1Cl.O=S(=O)(O)O. The smallest absolute Gasteiger partial charge is 0.394 e. The number of allylic oxidation sites excluding steroid dienone is 1. The van der Waals surface area contributed by atoms with Crippen LogP contribution in [0.5, 0.6) is 0 Å². The molecule has 1 aliphatic heterocycles. The predicted octanol–water partition coefficient (Wildman–Crippen LogP) is 1.61. The van der Waals surface area contributed by atoms with Crippen LogP contribution < -0.4 is 11.1 Å². The highest BCUT2D eigenvalue weighted by Crippen LogP contribution is 2.41. The fourth-order valence-corrected chi connectivity index (χ4v) is 3.36. The first-order chi connectivity index (χ1) is 15.5. The number of ether oxygens (including phenoxy) is 3. The summed E-state index contributed by atoms with van der Waals surface area (Å²) in [6, 6.07) is 7.05. The van der Waals surface area contributed by atoms with Gasteiger partial charge in [-0.25, -0.2) is 9.59 Å². The van der Waals surface area contributed by atoms with Crippen LogP contribution in [-0.2, 0) is 34.2 Å². The Kier molecular flexibility index (Phi) is 11.5. The van der Waals surface area contributed by atoms with Gasteiger partial charge in [0.1, 0.15) is 0 Å². The molecule has 1 atom stereocenters. The molecule has 5 N–H and O–H groups in total.